The van der Waals surface area contributed by atoms with Gasteiger partial charge < -0.3 is 54.9 Å². The number of hydrogen-bond donors (Lipinski definition) is 3. The van der Waals surface area contributed by atoms with Crippen molar-refractivity contribution in [3.63, 3.8) is 0 Å². The van der Waals surface area contributed by atoms with E-state index in [-0.39, 0.29) is 171 Å². The molecule has 19 heteroatoms. The largest absolute Gasteiger partial charge is 1.00 e. The van der Waals surface area contributed by atoms with E-state index in [2.05, 4.69) is 21.9 Å². The minimum atomic E-state index is -1.96. The van der Waals surface area contributed by atoms with E-state index < -0.39 is 66.9 Å². The van der Waals surface area contributed by atoms with Gasteiger partial charge in [0.1, 0.15) is 0 Å². The van der Waals surface area contributed by atoms with Crippen molar-refractivity contribution in [3.05, 3.63) is 75.4 Å². The van der Waals surface area contributed by atoms with Gasteiger partial charge in [0.2, 0.25) is 5.91 Å². The van der Waals surface area contributed by atoms with Gasteiger partial charge in [-0.15, -0.1) is 12.4 Å². The molecular weight excluding hydrogens is 798 g/mol. The number of rotatable bonds is 12. The van der Waals surface area contributed by atoms with Gasteiger partial charge in [-0.2, -0.15) is 0 Å². The summed E-state index contributed by atoms with van der Waals surface area (Å²) in [6, 6.07) is 3.50. The molecule has 5 rings (SSSR count). The average Bonchev–Trinajstić information content (AvgIpc) is 3.74. The predicted molar refractivity (Wildman–Crippen MR) is 190 cm³/mol. The Kier molecular flexibility index (Phi) is 22.6. The number of aliphatic carboxylic acids is 4. The Hall–Kier alpha value is -1.76. The van der Waals surface area contributed by atoms with Crippen LogP contribution in [0.2, 0.25) is 0 Å². The smallest absolute Gasteiger partial charge is 0.550 e. The van der Waals surface area contributed by atoms with Crippen LogP contribution in [0, 0.1) is 13.8 Å². The number of nitrogens with zero attached hydrogens (tertiary/aromatic N) is 2. The number of amides is 1. The topological polar surface area (TPSA) is 247 Å². The number of fused-ring (bicyclic) bond motifs is 8. The molecule has 0 radical (unpaired) electrons. The third-order valence-electron chi connectivity index (χ3n) is 9.92. The Balaban J connectivity index is 0.00000627. The summed E-state index contributed by atoms with van der Waals surface area (Å²) in [6.45, 7) is 13.2. The summed E-state index contributed by atoms with van der Waals surface area (Å²) in [6.07, 6.45) is 0.157. The second-order valence-corrected chi connectivity index (χ2v) is 13.1. The molecule has 280 valence electrons. The molecule has 57 heavy (non-hydrogen) atoms. The number of nitrogens with one attached hydrogen (secondary N) is 3. The average molecular weight is 836 g/mol. The van der Waals surface area contributed by atoms with Crippen LogP contribution in [-0.4, -0.2) is 55.8 Å². The Morgan fingerprint density at radius 1 is 0.860 bits per heavy atom. The number of allylic oxidation sites excluding steroid dienone is 1. The van der Waals surface area contributed by atoms with E-state index in [1.165, 1.54) is 6.92 Å². The number of H-pyrrole nitrogens is 2. The fraction of sp³-hybridized carbons (Fsp3) is 0.342. The van der Waals surface area contributed by atoms with Crippen LogP contribution in [0.1, 0.15) is 102 Å². The van der Waals surface area contributed by atoms with E-state index in [0.717, 1.165) is 33.3 Å². The van der Waals surface area contributed by atoms with E-state index in [1.54, 1.807) is 18.2 Å². The number of aryl methyl sites for hydroxylation is 3. The van der Waals surface area contributed by atoms with Crippen molar-refractivity contribution in [3.8, 4) is 0 Å². The van der Waals surface area contributed by atoms with E-state index in [0.29, 0.717) is 23.1 Å². The molecule has 14 nitrogen and oxygen atoms in total. The van der Waals surface area contributed by atoms with Crippen molar-refractivity contribution < 1.29 is 163 Å². The molecule has 3 N–H and O–H groups in total. The first-order valence-electron chi connectivity index (χ1n) is 16.8. The van der Waals surface area contributed by atoms with Crippen LogP contribution in [-0.2, 0) is 36.8 Å². The predicted octanol–water partition coefficient (Wildman–Crippen LogP) is -11.4. The molecule has 0 saturated heterocycles. The number of hydrogen-bond acceptors (Lipinski definition) is 11. The molecule has 3 aromatic heterocycles. The first kappa shape index (κ1) is 55.2. The Morgan fingerprint density at radius 3 is 2.02 bits per heavy atom. The van der Waals surface area contributed by atoms with Gasteiger partial charge in [0.15, 0.2) is 0 Å². The summed E-state index contributed by atoms with van der Waals surface area (Å²) in [7, 11) is 0. The second-order valence-electron chi connectivity index (χ2n) is 13.1. The minimum absolute atomic E-state index is 0. The summed E-state index contributed by atoms with van der Waals surface area (Å²) in [5, 5.41) is 49.6. The first-order valence-corrected chi connectivity index (χ1v) is 16.8. The van der Waals surface area contributed by atoms with Crippen molar-refractivity contribution in [2.24, 2.45) is 0 Å². The van der Waals surface area contributed by atoms with Crippen molar-refractivity contribution in [1.82, 2.24) is 25.3 Å². The molecular formula is C38H38ClN5Na4O9. The molecule has 5 heterocycles. The molecule has 3 aromatic rings. The normalized spacial score (nSPS) is 14.6. The van der Waals surface area contributed by atoms with Gasteiger partial charge in [-0.1, -0.05) is 26.5 Å². The van der Waals surface area contributed by atoms with Gasteiger partial charge in [0.05, 0.1) is 41.5 Å². The number of carboxylic acids is 4. The fourth-order valence-electron chi connectivity index (χ4n) is 7.12. The van der Waals surface area contributed by atoms with Crippen LogP contribution in [0.5, 0.6) is 0 Å². The Labute approximate surface area is 424 Å². The molecule has 0 fully saturated rings. The molecule has 8 bridgehead atoms. The number of halogens is 1. The number of carbonyl (C=O) groups is 5. The Bertz CT molecular complexity index is 2270. The molecule has 0 saturated carbocycles. The SMILES string of the molecule is C=Cc1c(C)c2cc3nc(c(CC(=O)N[C@@H](CC(=O)[O-])C(=O)[O-])c4nc(cc5[nH]c(cc1[nH]2)c(C)c5CC)C(C)=C4C(=O)[O-])[C@@H](CCC(=O)[O-])[C@@H]3C.Cl.[Na+].[Na+].[Na+].[Na+]. The molecule has 2 aliphatic rings. The van der Waals surface area contributed by atoms with Crippen LogP contribution in [0.15, 0.2) is 24.8 Å². The molecule has 0 unspecified atom stereocenters. The zero-order valence-electron chi connectivity index (χ0n) is 33.8. The van der Waals surface area contributed by atoms with Crippen LogP contribution in [0.25, 0.3) is 39.3 Å². The third kappa shape index (κ3) is 12.0. The number of carbonyl (C=O) groups excluding carboxylic acids is 5. The van der Waals surface area contributed by atoms with Crippen molar-refractivity contribution in [1.29, 1.82) is 0 Å². The van der Waals surface area contributed by atoms with E-state index in [9.17, 15) is 44.4 Å². The van der Waals surface area contributed by atoms with Gasteiger partial charge in [0.25, 0.3) is 0 Å². The van der Waals surface area contributed by atoms with Crippen LogP contribution in [0.3, 0.4) is 0 Å². The van der Waals surface area contributed by atoms with E-state index >= 15 is 0 Å². The molecule has 1 amide bonds. The molecule has 0 aromatic carbocycles. The quantitative estimate of drug-likeness (QED) is 0.145. The van der Waals surface area contributed by atoms with Crippen LogP contribution >= 0.6 is 12.4 Å². The standard InChI is InChI=1S/C38H41N5O9.ClH.4Na/c1-7-20-16(3)24-12-26-18(5)22(9-10-32(45)46)35(42-26)23(11-31(44)41-30(37(49)50)15-33(47)48)36-34(38(51)52)19(6)27(43-36)14-29-21(8-2)17(4)25(40-29)13-28(20)39-24;;;;;/h7,12-14,18,22,30,39-40H,1,8-11,15H2,2-6H3,(H,41,44)(H,45,46)(H,47,48)(H,49,50)(H,51,52);1H;;;;/q;;4*+1/p-4/t18-,22-,30-;;;;;/m0...../s1. The first-order chi connectivity index (χ1) is 24.6. The second kappa shape index (κ2) is 23.3. The maximum atomic E-state index is 13.5. The van der Waals surface area contributed by atoms with Crippen LogP contribution < -0.4 is 144 Å². The summed E-state index contributed by atoms with van der Waals surface area (Å²) < 4.78 is 0. The number of carboxylic acid groups (broad SMARTS) is 4. The summed E-state index contributed by atoms with van der Waals surface area (Å²) >= 11 is 0. The van der Waals surface area contributed by atoms with Crippen molar-refractivity contribution >= 4 is 81.5 Å². The number of aromatic amines is 2. The minimum Gasteiger partial charge on any atom is -0.550 e. The third-order valence-corrected chi connectivity index (χ3v) is 9.92. The monoisotopic (exact) mass is 835 g/mol. The maximum Gasteiger partial charge on any atom is 1.00 e. The molecule has 0 aliphatic carbocycles. The van der Waals surface area contributed by atoms with Gasteiger partial charge in [0, 0.05) is 74.7 Å². The summed E-state index contributed by atoms with van der Waals surface area (Å²) in [4.78, 5) is 77.5. The zero-order valence-corrected chi connectivity index (χ0v) is 42.6. The molecule has 3 atom stereocenters. The molecule has 2 aliphatic heterocycles. The maximum absolute atomic E-state index is 13.5. The summed E-state index contributed by atoms with van der Waals surface area (Å²) in [5.41, 5.74) is 7.06. The van der Waals surface area contributed by atoms with Gasteiger partial charge >= 0.3 is 118 Å². The molecule has 0 spiro atoms. The fourth-order valence-corrected chi connectivity index (χ4v) is 7.12. The van der Waals surface area contributed by atoms with Crippen molar-refractivity contribution in [2.45, 2.75) is 84.6 Å². The van der Waals surface area contributed by atoms with E-state index in [1.807, 2.05) is 33.8 Å². The van der Waals surface area contributed by atoms with Gasteiger partial charge in [-0.3, -0.25) is 9.78 Å². The van der Waals surface area contributed by atoms with Crippen molar-refractivity contribution in [2.75, 3.05) is 0 Å². The summed E-state index contributed by atoms with van der Waals surface area (Å²) in [5.74, 6) is -8.72. The Morgan fingerprint density at radius 2 is 1.47 bits per heavy atom. The van der Waals surface area contributed by atoms with Gasteiger partial charge in [-0.05, 0) is 80.5 Å². The van der Waals surface area contributed by atoms with Gasteiger partial charge in [-0.25, -0.2) is 4.98 Å². The number of aromatic nitrogens is 4. The van der Waals surface area contributed by atoms with E-state index in [4.69, 9.17) is 9.97 Å². The van der Waals surface area contributed by atoms with Crippen LogP contribution in [0.4, 0.5) is 0 Å². The zero-order chi connectivity index (χ0) is 38.2.